The number of benzene rings is 3. The zero-order chi connectivity index (χ0) is 38.6. The molecular weight excluding hydrogens is 705 g/mol. The lowest BCUT2D eigenvalue weighted by Gasteiger charge is -2.43. The fraction of sp³-hybridized carbons (Fsp3) is 0.439. The van der Waals surface area contributed by atoms with Gasteiger partial charge in [0, 0.05) is 23.8 Å². The molecule has 2 N–H and O–H groups in total. The zero-order valence-electron chi connectivity index (χ0n) is 31.9. The summed E-state index contributed by atoms with van der Waals surface area (Å²) in [4.78, 5) is 31.9. The molecule has 0 amide bonds. The van der Waals surface area contributed by atoms with Crippen molar-refractivity contribution >= 4 is 8.53 Å². The third-order valence-electron chi connectivity index (χ3n) is 10.3. The highest BCUT2D eigenvalue weighted by atomic mass is 31.2. The molecule has 6 rings (SSSR count). The van der Waals surface area contributed by atoms with E-state index in [9.17, 15) is 9.59 Å². The van der Waals surface area contributed by atoms with Gasteiger partial charge in [-0.25, -0.2) is 16.0 Å². The first-order valence-electron chi connectivity index (χ1n) is 18.3. The van der Waals surface area contributed by atoms with Gasteiger partial charge in [0.15, 0.2) is 6.23 Å². The molecule has 4 aromatic rings. The standard InChI is InChI=1S/C41H50N5O7P/c1-27(2)46(28(3)4)54(50-24-23-42-7)51-26-40-30(6)52-35(38(53-40)45-25-29(5)37(47)43-39(45)48)36(40)44-41(31-15-11-9-12-16-31,32-17-13-10-14-18-32)33-19-21-34(49-8)22-20-33/h9-22,25,27-28,30,35-36,38,44H,23-24,26H2,1-6,8H3,(H,43,47,48)/t30-,35-,36+,38-,40+,54?/m1/s1. The first-order chi connectivity index (χ1) is 26.0. The zero-order valence-corrected chi connectivity index (χ0v) is 32.8. The molecule has 3 heterocycles. The SMILES string of the molecule is [C-]#[N+]CCOP(OC[C@]12O[C@@H](n3cc(C)c(=O)[nH]c3=O)[C@H](O[C@@H]1C)[C@@H]2NC(c1ccccc1)(c1ccccc1)c1ccc(OC)cc1)N(C(C)C)C(C)C. The number of hydrogen-bond acceptors (Lipinski definition) is 9. The van der Waals surface area contributed by atoms with E-state index in [0.717, 1.165) is 22.4 Å². The fourth-order valence-corrected chi connectivity index (χ4v) is 9.40. The van der Waals surface area contributed by atoms with E-state index in [4.69, 9.17) is 29.8 Å². The summed E-state index contributed by atoms with van der Waals surface area (Å²) in [6.45, 7) is 19.8. The first-order valence-corrected chi connectivity index (χ1v) is 19.5. The van der Waals surface area contributed by atoms with E-state index in [0.29, 0.717) is 5.56 Å². The molecule has 2 fully saturated rings. The van der Waals surface area contributed by atoms with Crippen LogP contribution in [0.2, 0.25) is 0 Å². The Kier molecular flexibility index (Phi) is 12.2. The van der Waals surface area contributed by atoms with Crippen LogP contribution in [0, 0.1) is 13.5 Å². The lowest BCUT2D eigenvalue weighted by Crippen LogP contribution is -2.61. The van der Waals surface area contributed by atoms with Crippen molar-refractivity contribution in [3.05, 3.63) is 146 Å². The maximum atomic E-state index is 13.5. The monoisotopic (exact) mass is 755 g/mol. The molecule has 13 heteroatoms. The van der Waals surface area contributed by atoms with Gasteiger partial charge in [-0.15, -0.1) is 0 Å². The quantitative estimate of drug-likeness (QED) is 0.0600. The average molecular weight is 756 g/mol. The molecule has 2 saturated heterocycles. The smallest absolute Gasteiger partial charge is 0.330 e. The summed E-state index contributed by atoms with van der Waals surface area (Å²) >= 11 is 0. The van der Waals surface area contributed by atoms with E-state index in [1.165, 1.54) is 10.8 Å². The first kappa shape index (κ1) is 39.5. The molecule has 1 unspecified atom stereocenters. The van der Waals surface area contributed by atoms with E-state index in [-0.39, 0.29) is 31.8 Å². The van der Waals surface area contributed by atoms with Crippen molar-refractivity contribution in [2.75, 3.05) is 26.9 Å². The van der Waals surface area contributed by atoms with Crippen molar-refractivity contribution in [3.63, 3.8) is 0 Å². The summed E-state index contributed by atoms with van der Waals surface area (Å²) in [7, 11) is -0.00130. The summed E-state index contributed by atoms with van der Waals surface area (Å²) in [5, 5.41) is 4.10. The van der Waals surface area contributed by atoms with Crippen molar-refractivity contribution in [2.45, 2.75) is 89.2 Å². The average Bonchev–Trinajstić information content (AvgIpc) is 3.61. The number of aromatic amines is 1. The van der Waals surface area contributed by atoms with Gasteiger partial charge in [0.1, 0.15) is 24.1 Å². The Balaban J connectivity index is 1.53. The van der Waals surface area contributed by atoms with Crippen LogP contribution < -0.4 is 21.3 Å². The molecule has 3 aromatic carbocycles. The van der Waals surface area contributed by atoms with Gasteiger partial charge in [0.05, 0.1) is 31.4 Å². The Hall–Kier alpha value is -4.18. The lowest BCUT2D eigenvalue weighted by molar-refractivity contribution is -0.215. The number of methoxy groups -OCH3 is 1. The molecule has 12 nitrogen and oxygen atoms in total. The van der Waals surface area contributed by atoms with Crippen LogP contribution in [0.5, 0.6) is 5.75 Å². The van der Waals surface area contributed by atoms with Gasteiger partial charge in [-0.05, 0) is 70.4 Å². The molecule has 286 valence electrons. The van der Waals surface area contributed by atoms with Crippen LogP contribution in [0.25, 0.3) is 4.85 Å². The molecule has 0 saturated carbocycles. The normalized spacial score (nSPS) is 22.9. The number of H-pyrrole nitrogens is 1. The van der Waals surface area contributed by atoms with Crippen LogP contribution >= 0.6 is 8.53 Å². The number of hydrogen-bond donors (Lipinski definition) is 2. The predicted molar refractivity (Wildman–Crippen MR) is 208 cm³/mol. The molecule has 0 radical (unpaired) electrons. The highest BCUT2D eigenvalue weighted by Crippen LogP contribution is 2.54. The second-order valence-corrected chi connectivity index (χ2v) is 15.8. The van der Waals surface area contributed by atoms with Gasteiger partial charge >= 0.3 is 5.69 Å². The Morgan fingerprint density at radius 1 is 0.963 bits per heavy atom. The fourth-order valence-electron chi connectivity index (χ4n) is 7.75. The number of aromatic nitrogens is 2. The van der Waals surface area contributed by atoms with Crippen LogP contribution in [0.4, 0.5) is 0 Å². The third-order valence-corrected chi connectivity index (χ3v) is 12.4. The summed E-state index contributed by atoms with van der Waals surface area (Å²) in [5.74, 6) is 0.721. The number of nitrogens with zero attached hydrogens (tertiary/aromatic N) is 3. The van der Waals surface area contributed by atoms with Gasteiger partial charge in [-0.1, -0.05) is 72.8 Å². The summed E-state index contributed by atoms with van der Waals surface area (Å²) < 4.78 is 36.3. The van der Waals surface area contributed by atoms with Gasteiger partial charge in [-0.2, -0.15) is 0 Å². The minimum atomic E-state index is -1.65. The minimum Gasteiger partial charge on any atom is -0.497 e. The van der Waals surface area contributed by atoms with Crippen LogP contribution in [-0.2, 0) is 24.1 Å². The molecule has 0 spiro atoms. The van der Waals surface area contributed by atoms with E-state index >= 15 is 0 Å². The summed E-state index contributed by atoms with van der Waals surface area (Å²) in [6, 6.07) is 28.0. The van der Waals surface area contributed by atoms with E-state index in [1.807, 2.05) is 55.5 Å². The van der Waals surface area contributed by atoms with Crippen molar-refractivity contribution in [2.24, 2.45) is 0 Å². The van der Waals surface area contributed by atoms with E-state index in [2.05, 4.69) is 83.9 Å². The van der Waals surface area contributed by atoms with Crippen LogP contribution in [0.15, 0.2) is 101 Å². The molecule has 0 aliphatic carbocycles. The molecule has 1 aromatic heterocycles. The number of ether oxygens (including phenoxy) is 3. The molecule has 6 atom stereocenters. The highest BCUT2D eigenvalue weighted by molar-refractivity contribution is 7.44. The van der Waals surface area contributed by atoms with Gasteiger partial charge in [0.25, 0.3) is 14.1 Å². The van der Waals surface area contributed by atoms with Crippen LogP contribution in [0.3, 0.4) is 0 Å². The Morgan fingerprint density at radius 2 is 1.56 bits per heavy atom. The maximum Gasteiger partial charge on any atom is 0.330 e. The number of rotatable bonds is 16. The second-order valence-electron chi connectivity index (χ2n) is 14.3. The van der Waals surface area contributed by atoms with E-state index in [1.54, 1.807) is 14.0 Å². The van der Waals surface area contributed by atoms with Crippen LogP contribution in [-0.4, -0.2) is 77.0 Å². The maximum absolute atomic E-state index is 13.5. The van der Waals surface area contributed by atoms with Crippen molar-refractivity contribution in [1.29, 1.82) is 0 Å². The molecular formula is C41H50N5O7P. The minimum absolute atomic E-state index is 0.0395. The summed E-state index contributed by atoms with van der Waals surface area (Å²) in [6.07, 6.45) is -0.581. The Morgan fingerprint density at radius 3 is 2.11 bits per heavy atom. The Bertz CT molecular complexity index is 1970. The molecule has 2 aliphatic rings. The van der Waals surface area contributed by atoms with Crippen molar-refractivity contribution in [3.8, 4) is 5.75 Å². The Labute approximate surface area is 318 Å². The highest BCUT2D eigenvalue weighted by Gasteiger charge is 2.68. The molecule has 2 aliphatic heterocycles. The number of aryl methyl sites for hydroxylation is 1. The van der Waals surface area contributed by atoms with Gasteiger partial charge < -0.3 is 28.1 Å². The van der Waals surface area contributed by atoms with Crippen molar-refractivity contribution < 1.29 is 23.3 Å². The van der Waals surface area contributed by atoms with Gasteiger partial charge in [-0.3, -0.25) is 19.7 Å². The third kappa shape index (κ3) is 7.42. The number of fused-ring (bicyclic) bond motifs is 2. The topological polar surface area (TPSA) is 121 Å². The van der Waals surface area contributed by atoms with E-state index < -0.39 is 55.4 Å². The molecule has 2 bridgehead atoms. The molecule has 54 heavy (non-hydrogen) atoms. The lowest BCUT2D eigenvalue weighted by atomic mass is 9.75. The largest absolute Gasteiger partial charge is 0.497 e. The second kappa shape index (κ2) is 16.7. The van der Waals surface area contributed by atoms with Crippen molar-refractivity contribution in [1.82, 2.24) is 19.5 Å². The summed E-state index contributed by atoms with van der Waals surface area (Å²) in [5.41, 5.74) is 0.0741. The van der Waals surface area contributed by atoms with Crippen LogP contribution in [0.1, 0.15) is 63.1 Å². The number of nitrogens with one attached hydrogen (secondary N) is 2. The predicted octanol–water partition coefficient (Wildman–Crippen LogP) is 6.16. The van der Waals surface area contributed by atoms with Gasteiger partial charge in [0.2, 0.25) is 6.54 Å².